The minimum atomic E-state index is -0.383. The molecule has 2 heteroatoms. The largest absolute Gasteiger partial charge is 0.325 e. The molecule has 2 nitrogen and oxygen atoms in total. The van der Waals surface area contributed by atoms with Crippen molar-refractivity contribution in [2.24, 2.45) is 10.8 Å². The monoisotopic (exact) mass is 445 g/mol. The zero-order valence-corrected chi connectivity index (χ0v) is 22.3. The van der Waals surface area contributed by atoms with Gasteiger partial charge in [-0.1, -0.05) is 84.4 Å². The number of amides is 1. The van der Waals surface area contributed by atoms with E-state index in [0.29, 0.717) is 0 Å². The molecule has 1 aliphatic carbocycles. The first kappa shape index (κ1) is 25.3. The minimum absolute atomic E-state index is 0.121. The van der Waals surface area contributed by atoms with Gasteiger partial charge in [0.05, 0.1) is 5.41 Å². The smallest absolute Gasteiger partial charge is 0.235 e. The summed E-state index contributed by atoms with van der Waals surface area (Å²) >= 11 is 0. The molecule has 2 aromatic rings. The van der Waals surface area contributed by atoms with Crippen LogP contribution in [-0.2, 0) is 16.6 Å². The molecular weight excluding hydrogens is 402 g/mol. The van der Waals surface area contributed by atoms with Crippen LogP contribution in [-0.4, -0.2) is 5.91 Å². The second kappa shape index (κ2) is 9.12. The molecule has 1 amide bonds. The number of nitrogens with one attached hydrogen (secondary N) is 1. The minimum Gasteiger partial charge on any atom is -0.325 e. The third-order valence-corrected chi connectivity index (χ3v) is 7.01. The molecule has 0 heterocycles. The van der Waals surface area contributed by atoms with E-state index in [-0.39, 0.29) is 22.2 Å². The lowest BCUT2D eigenvalue weighted by Gasteiger charge is -2.23. The van der Waals surface area contributed by atoms with E-state index in [1.54, 1.807) is 0 Å². The van der Waals surface area contributed by atoms with E-state index in [4.69, 9.17) is 0 Å². The number of allylic oxidation sites excluding steroid dienone is 1. The van der Waals surface area contributed by atoms with E-state index >= 15 is 0 Å². The Morgan fingerprint density at radius 3 is 2.15 bits per heavy atom. The van der Waals surface area contributed by atoms with Crippen molar-refractivity contribution in [3.05, 3.63) is 69.8 Å². The number of benzene rings is 2. The summed E-state index contributed by atoms with van der Waals surface area (Å²) in [4.78, 5) is 13.4. The van der Waals surface area contributed by atoms with Gasteiger partial charge in [0.1, 0.15) is 0 Å². The Morgan fingerprint density at radius 2 is 1.64 bits per heavy atom. The summed E-state index contributed by atoms with van der Waals surface area (Å²) < 4.78 is 0. The lowest BCUT2D eigenvalue weighted by molar-refractivity contribution is -0.118. The molecule has 0 bridgehead atoms. The maximum atomic E-state index is 13.4. The third kappa shape index (κ3) is 5.96. The molecule has 0 atom stereocenters. The fourth-order valence-electron chi connectivity index (χ4n) is 4.70. The second-order valence-corrected chi connectivity index (χ2v) is 12.3. The van der Waals surface area contributed by atoms with Crippen molar-refractivity contribution in [1.82, 2.24) is 0 Å². The molecule has 0 aromatic heterocycles. The molecule has 178 valence electrons. The van der Waals surface area contributed by atoms with Crippen molar-refractivity contribution >= 4 is 17.7 Å². The molecule has 2 aromatic carbocycles. The Kier molecular flexibility index (Phi) is 6.99. The van der Waals surface area contributed by atoms with Crippen molar-refractivity contribution in [3.8, 4) is 0 Å². The number of aryl methyl sites for hydroxylation is 2. The number of anilines is 1. The van der Waals surface area contributed by atoms with Crippen LogP contribution in [0.1, 0.15) is 95.5 Å². The van der Waals surface area contributed by atoms with Crippen LogP contribution in [0.15, 0.2) is 42.0 Å². The van der Waals surface area contributed by atoms with Crippen LogP contribution in [0.3, 0.4) is 0 Å². The van der Waals surface area contributed by atoms with E-state index in [2.05, 4.69) is 104 Å². The average molecular weight is 446 g/mol. The van der Waals surface area contributed by atoms with Crippen LogP contribution >= 0.6 is 0 Å². The predicted molar refractivity (Wildman–Crippen MR) is 143 cm³/mol. The SMILES string of the molecule is CC/C(=C\c1cc(NC(=O)C2(c3ccc(CC(C)(C)C)c(C)c3)CC2)ccc1C)C(C)(C)C. The van der Waals surface area contributed by atoms with Crippen LogP contribution in [0.4, 0.5) is 5.69 Å². The van der Waals surface area contributed by atoms with Crippen LogP contribution in [0, 0.1) is 24.7 Å². The van der Waals surface area contributed by atoms with Crippen molar-refractivity contribution in [3.63, 3.8) is 0 Å². The molecule has 1 N–H and O–H groups in total. The first-order chi connectivity index (χ1) is 15.2. The Bertz CT molecular complexity index is 1060. The molecule has 0 aliphatic heterocycles. The summed E-state index contributed by atoms with van der Waals surface area (Å²) in [5, 5.41) is 3.24. The summed E-state index contributed by atoms with van der Waals surface area (Å²) in [7, 11) is 0. The molecule has 0 spiro atoms. The van der Waals surface area contributed by atoms with Crippen molar-refractivity contribution in [2.45, 2.75) is 93.4 Å². The van der Waals surface area contributed by atoms with E-state index in [1.807, 2.05) is 6.07 Å². The lowest BCUT2D eigenvalue weighted by Crippen LogP contribution is -2.28. The summed E-state index contributed by atoms with van der Waals surface area (Å²) in [6.45, 7) is 20.1. The van der Waals surface area contributed by atoms with Crippen LogP contribution < -0.4 is 5.32 Å². The molecule has 0 saturated heterocycles. The number of carbonyl (C=O) groups excluding carboxylic acids is 1. The van der Waals surface area contributed by atoms with Gasteiger partial charge in [-0.15, -0.1) is 0 Å². The van der Waals surface area contributed by atoms with E-state index in [1.165, 1.54) is 27.8 Å². The molecule has 1 saturated carbocycles. The van der Waals surface area contributed by atoms with Crippen molar-refractivity contribution < 1.29 is 4.79 Å². The van der Waals surface area contributed by atoms with Gasteiger partial charge in [0.2, 0.25) is 5.91 Å². The predicted octanol–water partition coefficient (Wildman–Crippen LogP) is 8.40. The first-order valence-corrected chi connectivity index (χ1v) is 12.5. The molecule has 3 rings (SSSR count). The van der Waals surface area contributed by atoms with Gasteiger partial charge < -0.3 is 5.32 Å². The maximum absolute atomic E-state index is 13.4. The first-order valence-electron chi connectivity index (χ1n) is 12.5. The zero-order valence-electron chi connectivity index (χ0n) is 22.3. The quantitative estimate of drug-likeness (QED) is 0.475. The van der Waals surface area contributed by atoms with Crippen molar-refractivity contribution in [1.29, 1.82) is 0 Å². The topological polar surface area (TPSA) is 29.1 Å². The Balaban J connectivity index is 1.83. The van der Waals surface area contributed by atoms with Gasteiger partial charge in [0.15, 0.2) is 0 Å². The maximum Gasteiger partial charge on any atom is 0.235 e. The number of hydrogen-bond donors (Lipinski definition) is 1. The average Bonchev–Trinajstić information content (AvgIpc) is 3.50. The van der Waals surface area contributed by atoms with Crippen LogP contribution in [0.2, 0.25) is 0 Å². The Hall–Kier alpha value is -2.35. The van der Waals surface area contributed by atoms with Gasteiger partial charge in [-0.25, -0.2) is 0 Å². The van der Waals surface area contributed by atoms with Gasteiger partial charge in [0.25, 0.3) is 0 Å². The lowest BCUT2D eigenvalue weighted by atomic mass is 9.83. The summed E-state index contributed by atoms with van der Waals surface area (Å²) in [6, 6.07) is 12.9. The number of carbonyl (C=O) groups is 1. The summed E-state index contributed by atoms with van der Waals surface area (Å²) in [5.41, 5.74) is 8.54. The van der Waals surface area contributed by atoms with E-state index in [0.717, 1.165) is 36.9 Å². The fraction of sp³-hybridized carbons (Fsp3) is 0.516. The Labute approximate surface area is 201 Å². The van der Waals surface area contributed by atoms with Gasteiger partial charge in [-0.3, -0.25) is 4.79 Å². The highest BCUT2D eigenvalue weighted by atomic mass is 16.2. The molecule has 0 unspecified atom stereocenters. The van der Waals surface area contributed by atoms with Crippen LogP contribution in [0.25, 0.3) is 6.08 Å². The second-order valence-electron chi connectivity index (χ2n) is 12.3. The molecule has 1 aliphatic rings. The van der Waals surface area contributed by atoms with Crippen molar-refractivity contribution in [2.75, 3.05) is 5.32 Å². The van der Waals surface area contributed by atoms with E-state index < -0.39 is 0 Å². The van der Waals surface area contributed by atoms with Gasteiger partial charge in [-0.2, -0.15) is 0 Å². The number of hydrogen-bond acceptors (Lipinski definition) is 1. The van der Waals surface area contributed by atoms with Gasteiger partial charge in [0, 0.05) is 5.69 Å². The summed E-state index contributed by atoms with van der Waals surface area (Å²) in [6.07, 6.45) is 6.20. The molecular formula is C31H43NO. The number of rotatable bonds is 6. The molecule has 0 radical (unpaired) electrons. The van der Waals surface area contributed by atoms with Gasteiger partial charge >= 0.3 is 0 Å². The highest BCUT2D eigenvalue weighted by Gasteiger charge is 2.51. The highest BCUT2D eigenvalue weighted by Crippen LogP contribution is 2.49. The third-order valence-electron chi connectivity index (χ3n) is 7.01. The standard InChI is InChI=1S/C31H43NO/c1-10-25(30(7,8)9)18-24-19-27(14-11-21(24)2)32-28(33)31(15-16-31)26-13-12-23(22(3)17-26)20-29(4,5)6/h11-14,17-19H,10,15-16,20H2,1-9H3,(H,32,33)/b25-18+. The fourth-order valence-corrected chi connectivity index (χ4v) is 4.70. The van der Waals surface area contributed by atoms with Crippen LogP contribution in [0.5, 0.6) is 0 Å². The normalized spacial score (nSPS) is 16.0. The summed E-state index contributed by atoms with van der Waals surface area (Å²) in [5.74, 6) is 0.121. The molecule has 1 fully saturated rings. The molecule has 33 heavy (non-hydrogen) atoms. The highest BCUT2D eigenvalue weighted by molar-refractivity contribution is 6.01. The zero-order chi connectivity index (χ0) is 24.6. The Morgan fingerprint density at radius 1 is 0.970 bits per heavy atom. The van der Waals surface area contributed by atoms with E-state index in [9.17, 15) is 4.79 Å². The van der Waals surface area contributed by atoms with Gasteiger partial charge in [-0.05, 0) is 90.3 Å².